The summed E-state index contributed by atoms with van der Waals surface area (Å²) in [5, 5.41) is 8.91. The van der Waals surface area contributed by atoms with Crippen molar-refractivity contribution in [2.75, 3.05) is 7.11 Å². The van der Waals surface area contributed by atoms with Gasteiger partial charge in [-0.1, -0.05) is 12.1 Å². The molecule has 0 radical (unpaired) electrons. The van der Waals surface area contributed by atoms with Crippen LogP contribution < -0.4 is 0 Å². The van der Waals surface area contributed by atoms with Gasteiger partial charge in [-0.15, -0.1) is 0 Å². The normalized spacial score (nSPS) is 14.8. The molecule has 1 aromatic rings. The zero-order chi connectivity index (χ0) is 14.5. The number of carbonyl (C=O) groups excluding carboxylic acids is 2. The number of hydrogen-bond acceptors (Lipinski definition) is 4. The van der Waals surface area contributed by atoms with Gasteiger partial charge in [0.1, 0.15) is 0 Å². The third-order valence-corrected chi connectivity index (χ3v) is 3.70. The number of ketones is 1. The van der Waals surface area contributed by atoms with E-state index in [1.54, 1.807) is 6.07 Å². The van der Waals surface area contributed by atoms with Crippen LogP contribution in [0, 0.1) is 17.2 Å². The number of nitrogens with zero attached hydrogens (tertiary/aromatic N) is 1. The third kappa shape index (κ3) is 3.05. The predicted octanol–water partition coefficient (Wildman–Crippen LogP) is 2.45. The lowest BCUT2D eigenvalue weighted by Gasteiger charge is -2.16. The van der Waals surface area contributed by atoms with Crippen molar-refractivity contribution in [1.29, 1.82) is 5.26 Å². The van der Waals surface area contributed by atoms with Crippen molar-refractivity contribution in [2.45, 2.75) is 32.1 Å². The van der Waals surface area contributed by atoms with Gasteiger partial charge >= 0.3 is 5.97 Å². The largest absolute Gasteiger partial charge is 0.468 e. The Morgan fingerprint density at radius 2 is 2.00 bits per heavy atom. The quantitative estimate of drug-likeness (QED) is 0.623. The second kappa shape index (κ2) is 6.33. The number of ether oxygens (including phenoxy) is 1. The summed E-state index contributed by atoms with van der Waals surface area (Å²) in [6.45, 7) is 0. The van der Waals surface area contributed by atoms with Crippen molar-refractivity contribution in [3.63, 3.8) is 0 Å². The first-order valence-corrected chi connectivity index (χ1v) is 6.78. The Kier molecular flexibility index (Phi) is 4.52. The highest BCUT2D eigenvalue weighted by atomic mass is 16.5. The number of aryl methyl sites for hydroxylation is 2. The molecule has 1 aromatic carbocycles. The van der Waals surface area contributed by atoms with Gasteiger partial charge in [-0.05, 0) is 42.9 Å². The maximum Gasteiger partial charge on any atom is 0.323 e. The van der Waals surface area contributed by atoms with E-state index in [1.165, 1.54) is 24.7 Å². The second-order valence-corrected chi connectivity index (χ2v) is 5.02. The van der Waals surface area contributed by atoms with Gasteiger partial charge in [0.05, 0.1) is 13.2 Å². The average molecular weight is 271 g/mol. The van der Waals surface area contributed by atoms with Crippen molar-refractivity contribution in [3.05, 3.63) is 34.9 Å². The standard InChI is InChI=1S/C16H17NO3/c1-20-16(19)14(10-17)9-15(18)13-7-6-11-4-2-3-5-12(11)8-13/h6-8,14H,2-5,9H2,1H3. The number of rotatable bonds is 4. The Morgan fingerprint density at radius 1 is 1.30 bits per heavy atom. The molecule has 0 saturated carbocycles. The van der Waals surface area contributed by atoms with E-state index in [0.29, 0.717) is 5.56 Å². The van der Waals surface area contributed by atoms with Crippen molar-refractivity contribution < 1.29 is 14.3 Å². The van der Waals surface area contributed by atoms with Crippen LogP contribution in [0.15, 0.2) is 18.2 Å². The topological polar surface area (TPSA) is 67.2 Å². The second-order valence-electron chi connectivity index (χ2n) is 5.02. The number of Topliss-reactive ketones (excluding diaryl/α,β-unsaturated/α-hetero) is 1. The lowest BCUT2D eigenvalue weighted by Crippen LogP contribution is -2.18. The number of benzene rings is 1. The van der Waals surface area contributed by atoms with Gasteiger partial charge in [0.2, 0.25) is 0 Å². The average Bonchev–Trinajstić information content (AvgIpc) is 2.51. The van der Waals surface area contributed by atoms with Crippen molar-refractivity contribution in [3.8, 4) is 6.07 Å². The fourth-order valence-corrected chi connectivity index (χ4v) is 2.53. The molecular weight excluding hydrogens is 254 g/mol. The third-order valence-electron chi connectivity index (χ3n) is 3.70. The summed E-state index contributed by atoms with van der Waals surface area (Å²) in [6, 6.07) is 7.50. The molecule has 1 unspecified atom stereocenters. The molecule has 1 aliphatic rings. The molecule has 4 heteroatoms. The number of methoxy groups -OCH3 is 1. The van der Waals surface area contributed by atoms with Gasteiger partial charge in [0.25, 0.3) is 0 Å². The summed E-state index contributed by atoms with van der Waals surface area (Å²) >= 11 is 0. The highest BCUT2D eigenvalue weighted by molar-refractivity contribution is 5.98. The number of fused-ring (bicyclic) bond motifs is 1. The smallest absolute Gasteiger partial charge is 0.323 e. The summed E-state index contributed by atoms with van der Waals surface area (Å²) in [7, 11) is 1.22. The van der Waals surface area contributed by atoms with E-state index in [2.05, 4.69) is 4.74 Å². The van der Waals surface area contributed by atoms with Gasteiger partial charge in [-0.2, -0.15) is 5.26 Å². The first-order chi connectivity index (χ1) is 9.65. The summed E-state index contributed by atoms with van der Waals surface area (Å²) in [5.74, 6) is -1.86. The molecule has 2 rings (SSSR count). The molecule has 0 bridgehead atoms. The zero-order valence-electron chi connectivity index (χ0n) is 11.5. The van der Waals surface area contributed by atoms with Crippen LogP contribution in [0.2, 0.25) is 0 Å². The summed E-state index contributed by atoms with van der Waals surface area (Å²) in [6.07, 6.45) is 4.27. The Balaban J connectivity index is 2.13. The molecule has 104 valence electrons. The fourth-order valence-electron chi connectivity index (χ4n) is 2.53. The van der Waals surface area contributed by atoms with E-state index in [4.69, 9.17) is 5.26 Å². The Hall–Kier alpha value is -2.15. The molecule has 0 heterocycles. The minimum Gasteiger partial charge on any atom is -0.468 e. The van der Waals surface area contributed by atoms with E-state index in [0.717, 1.165) is 19.3 Å². The molecule has 0 spiro atoms. The van der Waals surface area contributed by atoms with Gasteiger partial charge in [-0.3, -0.25) is 9.59 Å². The molecule has 0 saturated heterocycles. The molecule has 0 N–H and O–H groups in total. The molecule has 4 nitrogen and oxygen atoms in total. The highest BCUT2D eigenvalue weighted by Gasteiger charge is 2.23. The summed E-state index contributed by atoms with van der Waals surface area (Å²) < 4.78 is 4.52. The lowest BCUT2D eigenvalue weighted by atomic mass is 9.88. The Morgan fingerprint density at radius 3 is 2.65 bits per heavy atom. The number of carbonyl (C=O) groups is 2. The van der Waals surface area contributed by atoms with Crippen LogP contribution in [-0.2, 0) is 22.4 Å². The van der Waals surface area contributed by atoms with E-state index >= 15 is 0 Å². The van der Waals surface area contributed by atoms with Crippen LogP contribution in [0.25, 0.3) is 0 Å². The van der Waals surface area contributed by atoms with Crippen LogP contribution >= 0.6 is 0 Å². The lowest BCUT2D eigenvalue weighted by molar-refractivity contribution is -0.143. The molecular formula is C16H17NO3. The van der Waals surface area contributed by atoms with Crippen LogP contribution in [-0.4, -0.2) is 18.9 Å². The Bertz CT molecular complexity index is 572. The molecule has 1 atom stereocenters. The van der Waals surface area contributed by atoms with E-state index in [9.17, 15) is 9.59 Å². The van der Waals surface area contributed by atoms with Gasteiger partial charge in [0.15, 0.2) is 11.7 Å². The van der Waals surface area contributed by atoms with Crippen molar-refractivity contribution in [1.82, 2.24) is 0 Å². The molecule has 20 heavy (non-hydrogen) atoms. The predicted molar refractivity (Wildman–Crippen MR) is 73.2 cm³/mol. The van der Waals surface area contributed by atoms with Crippen molar-refractivity contribution in [2.24, 2.45) is 5.92 Å². The maximum atomic E-state index is 12.2. The monoisotopic (exact) mass is 271 g/mol. The van der Waals surface area contributed by atoms with E-state index in [-0.39, 0.29) is 12.2 Å². The van der Waals surface area contributed by atoms with Crippen LogP contribution in [0.3, 0.4) is 0 Å². The molecule has 0 aliphatic heterocycles. The van der Waals surface area contributed by atoms with Crippen LogP contribution in [0.4, 0.5) is 0 Å². The van der Waals surface area contributed by atoms with Gasteiger partial charge in [-0.25, -0.2) is 0 Å². The first-order valence-electron chi connectivity index (χ1n) is 6.78. The fraction of sp³-hybridized carbons (Fsp3) is 0.438. The number of hydrogen-bond donors (Lipinski definition) is 0. The molecule has 0 fully saturated rings. The Labute approximate surface area is 118 Å². The number of nitriles is 1. The first kappa shape index (κ1) is 14.3. The minimum atomic E-state index is -1.02. The molecule has 0 aromatic heterocycles. The zero-order valence-corrected chi connectivity index (χ0v) is 11.5. The van der Waals surface area contributed by atoms with E-state index < -0.39 is 11.9 Å². The van der Waals surface area contributed by atoms with Gasteiger partial charge in [0, 0.05) is 12.0 Å². The minimum absolute atomic E-state index is 0.123. The van der Waals surface area contributed by atoms with Gasteiger partial charge < -0.3 is 4.74 Å². The summed E-state index contributed by atoms with van der Waals surface area (Å²) in [5.41, 5.74) is 3.10. The SMILES string of the molecule is COC(=O)C(C#N)CC(=O)c1ccc2c(c1)CCCC2. The highest BCUT2D eigenvalue weighted by Crippen LogP contribution is 2.23. The molecule has 0 amide bonds. The molecule has 1 aliphatic carbocycles. The van der Waals surface area contributed by atoms with Crippen molar-refractivity contribution >= 4 is 11.8 Å². The maximum absolute atomic E-state index is 12.2. The summed E-state index contributed by atoms with van der Waals surface area (Å²) in [4.78, 5) is 23.5. The van der Waals surface area contributed by atoms with E-state index in [1.807, 2.05) is 18.2 Å². The number of esters is 1. The van der Waals surface area contributed by atoms with Crippen LogP contribution in [0.5, 0.6) is 0 Å². The van der Waals surface area contributed by atoms with Crippen LogP contribution in [0.1, 0.15) is 40.7 Å².